The Kier molecular flexibility index (Phi) is 6.59. The Morgan fingerprint density at radius 3 is 2.46 bits per heavy atom. The number of carbonyl (C=O) groups is 1. The molecule has 0 radical (unpaired) electrons. The molecule has 1 aliphatic heterocycles. The third-order valence-electron chi connectivity index (χ3n) is 4.21. The molecule has 1 aromatic heterocycles. The molecule has 2 aromatic rings. The zero-order valence-electron chi connectivity index (χ0n) is 14.1. The summed E-state index contributed by atoms with van der Waals surface area (Å²) in [4.78, 5) is 19.0. The van der Waals surface area contributed by atoms with E-state index < -0.39 is 0 Å². The standard InChI is InChI=1S/C18H19Cl3N4O/c19-14-13(18(26)22-8-11-25-9-4-5-10-25)16(21)24-17(15(14)20)23-12-6-2-1-3-7-12/h1-3,6-7H,4-5,8-11H2,(H,22,26)(H,23,24). The molecule has 0 spiro atoms. The Morgan fingerprint density at radius 1 is 1.08 bits per heavy atom. The molecule has 3 rings (SSSR count). The minimum atomic E-state index is -0.375. The third kappa shape index (κ3) is 4.60. The van der Waals surface area contributed by atoms with Gasteiger partial charge in [0.15, 0.2) is 5.82 Å². The van der Waals surface area contributed by atoms with Crippen molar-refractivity contribution in [2.45, 2.75) is 12.8 Å². The van der Waals surface area contributed by atoms with Crippen molar-refractivity contribution in [1.29, 1.82) is 0 Å². The SMILES string of the molecule is O=C(NCCN1CCCC1)c1c(Cl)nc(Nc2ccccc2)c(Cl)c1Cl. The fourth-order valence-electron chi connectivity index (χ4n) is 2.86. The van der Waals surface area contributed by atoms with Crippen LogP contribution in [0.1, 0.15) is 23.2 Å². The number of nitrogens with one attached hydrogen (secondary N) is 2. The molecular formula is C18H19Cl3N4O. The molecule has 8 heteroatoms. The summed E-state index contributed by atoms with van der Waals surface area (Å²) in [5.74, 6) is -0.0682. The zero-order valence-corrected chi connectivity index (χ0v) is 16.3. The number of pyridine rings is 1. The first-order valence-corrected chi connectivity index (χ1v) is 9.57. The predicted octanol–water partition coefficient (Wildman–Crippen LogP) is 4.61. The number of nitrogens with zero attached hydrogens (tertiary/aromatic N) is 2. The maximum atomic E-state index is 12.5. The summed E-state index contributed by atoms with van der Waals surface area (Å²) in [5, 5.41) is 6.14. The highest BCUT2D eigenvalue weighted by Crippen LogP contribution is 2.36. The molecule has 0 saturated carbocycles. The molecule has 2 heterocycles. The van der Waals surface area contributed by atoms with Gasteiger partial charge in [-0.25, -0.2) is 4.98 Å². The van der Waals surface area contributed by atoms with E-state index in [-0.39, 0.29) is 26.7 Å². The van der Waals surface area contributed by atoms with Crippen molar-refractivity contribution in [2.75, 3.05) is 31.5 Å². The monoisotopic (exact) mass is 412 g/mol. The summed E-state index contributed by atoms with van der Waals surface area (Å²) in [5.41, 5.74) is 0.884. The van der Waals surface area contributed by atoms with Gasteiger partial charge in [0.05, 0.1) is 10.6 Å². The Hall–Kier alpha value is -1.53. The molecule has 26 heavy (non-hydrogen) atoms. The number of hydrogen-bond donors (Lipinski definition) is 2. The first kappa shape index (κ1) is 19.2. The predicted molar refractivity (Wildman–Crippen MR) is 107 cm³/mol. The number of likely N-dealkylation sites (tertiary alicyclic amines) is 1. The molecule has 1 saturated heterocycles. The van der Waals surface area contributed by atoms with Crippen molar-refractivity contribution >= 4 is 52.2 Å². The number of anilines is 2. The summed E-state index contributed by atoms with van der Waals surface area (Å²) in [7, 11) is 0. The van der Waals surface area contributed by atoms with E-state index in [1.807, 2.05) is 30.3 Å². The van der Waals surface area contributed by atoms with Crippen molar-refractivity contribution in [3.63, 3.8) is 0 Å². The third-order valence-corrected chi connectivity index (χ3v) is 5.33. The second-order valence-electron chi connectivity index (χ2n) is 6.05. The first-order chi connectivity index (χ1) is 12.6. The summed E-state index contributed by atoms with van der Waals surface area (Å²) in [6.07, 6.45) is 2.42. The molecule has 138 valence electrons. The molecule has 0 aliphatic carbocycles. The van der Waals surface area contributed by atoms with Crippen molar-refractivity contribution in [3.05, 3.63) is 51.1 Å². The lowest BCUT2D eigenvalue weighted by atomic mass is 10.2. The smallest absolute Gasteiger partial charge is 0.256 e. The molecule has 0 atom stereocenters. The van der Waals surface area contributed by atoms with Gasteiger partial charge in [-0.05, 0) is 38.1 Å². The van der Waals surface area contributed by atoms with E-state index in [9.17, 15) is 4.79 Å². The van der Waals surface area contributed by atoms with Gasteiger partial charge in [-0.2, -0.15) is 0 Å². The average molecular weight is 414 g/mol. The van der Waals surface area contributed by atoms with Crippen molar-refractivity contribution in [3.8, 4) is 0 Å². The van der Waals surface area contributed by atoms with E-state index in [1.54, 1.807) is 0 Å². The molecule has 5 nitrogen and oxygen atoms in total. The van der Waals surface area contributed by atoms with Crippen molar-refractivity contribution in [1.82, 2.24) is 15.2 Å². The lowest BCUT2D eigenvalue weighted by Gasteiger charge is -2.16. The number of rotatable bonds is 6. The minimum Gasteiger partial charge on any atom is -0.351 e. The van der Waals surface area contributed by atoms with E-state index in [0.29, 0.717) is 12.4 Å². The Balaban J connectivity index is 1.71. The second kappa shape index (κ2) is 8.91. The maximum absolute atomic E-state index is 12.5. The molecule has 1 fully saturated rings. The highest BCUT2D eigenvalue weighted by Gasteiger charge is 2.22. The molecule has 1 amide bonds. The van der Waals surface area contributed by atoms with Crippen molar-refractivity contribution < 1.29 is 4.79 Å². The summed E-state index contributed by atoms with van der Waals surface area (Å²) < 4.78 is 0. The van der Waals surface area contributed by atoms with Crippen molar-refractivity contribution in [2.24, 2.45) is 0 Å². The highest BCUT2D eigenvalue weighted by molar-refractivity contribution is 6.47. The molecule has 0 bridgehead atoms. The quantitative estimate of drug-likeness (QED) is 0.679. The summed E-state index contributed by atoms with van der Waals surface area (Å²) in [6.45, 7) is 3.47. The van der Waals surface area contributed by atoms with Crippen LogP contribution >= 0.6 is 34.8 Å². The molecule has 0 unspecified atom stereocenters. The Bertz CT molecular complexity index is 780. The second-order valence-corrected chi connectivity index (χ2v) is 7.16. The lowest BCUT2D eigenvalue weighted by molar-refractivity contribution is 0.0950. The molecule has 1 aromatic carbocycles. The van der Waals surface area contributed by atoms with E-state index >= 15 is 0 Å². The van der Waals surface area contributed by atoms with E-state index in [4.69, 9.17) is 34.8 Å². The van der Waals surface area contributed by atoms with E-state index in [0.717, 1.165) is 25.3 Å². The van der Waals surface area contributed by atoms with Gasteiger partial charge >= 0.3 is 0 Å². The number of carbonyl (C=O) groups excluding carboxylic acids is 1. The number of benzene rings is 1. The van der Waals surface area contributed by atoms with Gasteiger partial charge in [-0.3, -0.25) is 4.79 Å². The topological polar surface area (TPSA) is 57.3 Å². The number of aromatic nitrogens is 1. The number of amides is 1. The van der Waals surface area contributed by atoms with Crippen LogP contribution in [0.3, 0.4) is 0 Å². The van der Waals surface area contributed by atoms with Gasteiger partial charge in [-0.15, -0.1) is 0 Å². The normalized spacial score (nSPS) is 14.4. The fraction of sp³-hybridized carbons (Fsp3) is 0.333. The number of para-hydroxylation sites is 1. The van der Waals surface area contributed by atoms with E-state index in [1.165, 1.54) is 12.8 Å². The molecule has 1 aliphatic rings. The highest BCUT2D eigenvalue weighted by atomic mass is 35.5. The Morgan fingerprint density at radius 2 is 1.77 bits per heavy atom. The lowest BCUT2D eigenvalue weighted by Crippen LogP contribution is -2.33. The largest absolute Gasteiger partial charge is 0.351 e. The molecule has 2 N–H and O–H groups in total. The van der Waals surface area contributed by atoms with Crippen LogP contribution in [-0.2, 0) is 0 Å². The van der Waals surface area contributed by atoms with Gasteiger partial charge in [0, 0.05) is 18.8 Å². The van der Waals surface area contributed by atoms with Crippen LogP contribution in [0.5, 0.6) is 0 Å². The van der Waals surface area contributed by atoms with Gasteiger partial charge < -0.3 is 15.5 Å². The van der Waals surface area contributed by atoms with Gasteiger partial charge in [-0.1, -0.05) is 53.0 Å². The van der Waals surface area contributed by atoms with Crippen LogP contribution in [0, 0.1) is 0 Å². The summed E-state index contributed by atoms with van der Waals surface area (Å²) in [6, 6.07) is 9.37. The van der Waals surface area contributed by atoms with E-state index in [2.05, 4.69) is 20.5 Å². The van der Waals surface area contributed by atoms with Crippen LogP contribution in [0.25, 0.3) is 0 Å². The first-order valence-electron chi connectivity index (χ1n) is 8.43. The number of hydrogen-bond acceptors (Lipinski definition) is 4. The zero-order chi connectivity index (χ0) is 18.5. The average Bonchev–Trinajstić information content (AvgIpc) is 3.14. The van der Waals surface area contributed by atoms with Gasteiger partial charge in [0.2, 0.25) is 0 Å². The van der Waals surface area contributed by atoms with Crippen LogP contribution in [-0.4, -0.2) is 42.0 Å². The maximum Gasteiger partial charge on any atom is 0.256 e. The van der Waals surface area contributed by atoms with Crippen LogP contribution in [0.2, 0.25) is 15.2 Å². The minimum absolute atomic E-state index is 0.0107. The molecular weight excluding hydrogens is 395 g/mol. The van der Waals surface area contributed by atoms with Crippen LogP contribution in [0.15, 0.2) is 30.3 Å². The fourth-order valence-corrected chi connectivity index (χ4v) is 3.63. The Labute approximate surface area is 167 Å². The summed E-state index contributed by atoms with van der Waals surface area (Å²) >= 11 is 18.8. The van der Waals surface area contributed by atoms with Crippen LogP contribution in [0.4, 0.5) is 11.5 Å². The van der Waals surface area contributed by atoms with Gasteiger partial charge in [0.25, 0.3) is 5.91 Å². The van der Waals surface area contributed by atoms with Crippen LogP contribution < -0.4 is 10.6 Å². The van der Waals surface area contributed by atoms with Gasteiger partial charge in [0.1, 0.15) is 10.2 Å². The number of halogens is 3.